The minimum Gasteiger partial charge on any atom is -0.390 e. The number of hydrogen-bond acceptors (Lipinski definition) is 4. The fraction of sp³-hybridized carbons (Fsp3) is 0.429. The van der Waals surface area contributed by atoms with Crippen LogP contribution in [0.15, 0.2) is 35.6 Å². The molecule has 8 heteroatoms. The minimum absolute atomic E-state index is 0.293. The summed E-state index contributed by atoms with van der Waals surface area (Å²) >= 11 is 0. The number of rotatable bonds is 3. The Hall–Kier alpha value is -2.44. The van der Waals surface area contributed by atoms with Gasteiger partial charge < -0.3 is 5.11 Å². The highest BCUT2D eigenvalue weighted by Gasteiger charge is 2.33. The van der Waals surface area contributed by atoms with Crippen LogP contribution in [-0.4, -0.2) is 32.2 Å². The lowest BCUT2D eigenvalue weighted by Gasteiger charge is -2.31. The Balaban J connectivity index is 1.85. The van der Waals surface area contributed by atoms with Crippen molar-refractivity contribution < 1.29 is 9.50 Å². The fourth-order valence-corrected chi connectivity index (χ4v) is 2.83. The van der Waals surface area contributed by atoms with E-state index in [2.05, 4.69) is 20.3 Å². The van der Waals surface area contributed by atoms with Gasteiger partial charge in [-0.1, -0.05) is 28.9 Å². The zero-order valence-electron chi connectivity index (χ0n) is 11.7. The van der Waals surface area contributed by atoms with Crippen molar-refractivity contribution in [2.75, 3.05) is 0 Å². The molecule has 2 aromatic rings. The first-order chi connectivity index (χ1) is 10.7. The van der Waals surface area contributed by atoms with Crippen molar-refractivity contribution in [3.8, 4) is 11.3 Å². The molecule has 3 rings (SSSR count). The summed E-state index contributed by atoms with van der Waals surface area (Å²) in [7, 11) is 0. The molecule has 1 aliphatic rings. The highest BCUT2D eigenvalue weighted by Crippen LogP contribution is 2.31. The first-order valence-electron chi connectivity index (χ1n) is 7.09. The van der Waals surface area contributed by atoms with Crippen LogP contribution in [0.3, 0.4) is 0 Å². The number of hydrogen-bond donors (Lipinski definition) is 1. The number of azide groups is 1. The maximum atomic E-state index is 13.3. The third-order valence-corrected chi connectivity index (χ3v) is 3.96. The minimum atomic E-state index is -0.799. The molecule has 0 saturated heterocycles. The molecule has 1 N–H and O–H groups in total. The Morgan fingerprint density at radius 3 is 3.05 bits per heavy atom. The van der Waals surface area contributed by atoms with Crippen LogP contribution >= 0.6 is 0 Å². The summed E-state index contributed by atoms with van der Waals surface area (Å²) in [5.41, 5.74) is 9.72. The zero-order chi connectivity index (χ0) is 15.5. The predicted molar refractivity (Wildman–Crippen MR) is 77.2 cm³/mol. The number of halogens is 1. The molecular weight excluding hydrogens is 287 g/mol. The summed E-state index contributed by atoms with van der Waals surface area (Å²) in [5.74, 6) is -0.340. The van der Waals surface area contributed by atoms with Gasteiger partial charge >= 0.3 is 0 Å². The van der Waals surface area contributed by atoms with Crippen molar-refractivity contribution in [2.45, 2.75) is 37.5 Å². The van der Waals surface area contributed by atoms with E-state index in [-0.39, 0.29) is 11.9 Å². The standard InChI is InChI=1S/C14H15FN6O/c15-10-4-1-3-9(7-10)12-8-21(20-18-12)13-6-2-5-11(14(13)22)17-19-16/h1,3-4,7-8,11,13-14,22H,2,5-6H2/t11-,13+,14+/m1/s1. The lowest BCUT2D eigenvalue weighted by atomic mass is 9.89. The molecule has 0 amide bonds. The average Bonchev–Trinajstić information content (AvgIpc) is 2.99. The lowest BCUT2D eigenvalue weighted by Crippen LogP contribution is -2.37. The topological polar surface area (TPSA) is 99.7 Å². The first-order valence-corrected chi connectivity index (χ1v) is 7.09. The number of benzene rings is 1. The van der Waals surface area contributed by atoms with E-state index in [1.807, 2.05) is 0 Å². The van der Waals surface area contributed by atoms with E-state index in [1.165, 1.54) is 12.1 Å². The van der Waals surface area contributed by atoms with Gasteiger partial charge in [-0.3, -0.25) is 0 Å². The summed E-state index contributed by atoms with van der Waals surface area (Å²) in [5, 5.41) is 22.0. The van der Waals surface area contributed by atoms with Crippen molar-refractivity contribution in [1.82, 2.24) is 15.0 Å². The molecule has 1 aromatic carbocycles. The Labute approximate surface area is 126 Å². The largest absolute Gasteiger partial charge is 0.390 e. The lowest BCUT2D eigenvalue weighted by molar-refractivity contribution is 0.0508. The quantitative estimate of drug-likeness (QED) is 0.536. The second-order valence-corrected chi connectivity index (χ2v) is 5.36. The summed E-state index contributed by atoms with van der Waals surface area (Å²) in [6, 6.07) is 5.36. The molecule has 1 aliphatic carbocycles. The van der Waals surface area contributed by atoms with Gasteiger partial charge in [0.15, 0.2) is 0 Å². The van der Waals surface area contributed by atoms with E-state index in [0.717, 1.165) is 12.8 Å². The van der Waals surface area contributed by atoms with Gasteiger partial charge in [0.1, 0.15) is 11.5 Å². The number of aliphatic hydroxyl groups is 1. The van der Waals surface area contributed by atoms with Crippen molar-refractivity contribution in [2.24, 2.45) is 5.11 Å². The number of aliphatic hydroxyl groups excluding tert-OH is 1. The van der Waals surface area contributed by atoms with Crippen molar-refractivity contribution in [3.05, 3.63) is 46.7 Å². The van der Waals surface area contributed by atoms with E-state index in [1.54, 1.807) is 23.0 Å². The molecular formula is C14H15FN6O. The van der Waals surface area contributed by atoms with Crippen LogP contribution in [0, 0.1) is 5.82 Å². The summed E-state index contributed by atoms with van der Waals surface area (Å²) < 4.78 is 14.8. The molecule has 7 nitrogen and oxygen atoms in total. The van der Waals surface area contributed by atoms with Gasteiger partial charge in [-0.05, 0) is 30.5 Å². The third kappa shape index (κ3) is 2.79. The normalized spacial score (nSPS) is 24.7. The van der Waals surface area contributed by atoms with Crippen LogP contribution in [0.1, 0.15) is 25.3 Å². The molecule has 0 radical (unpaired) electrons. The van der Waals surface area contributed by atoms with E-state index in [0.29, 0.717) is 17.7 Å². The summed E-state index contributed by atoms with van der Waals surface area (Å²) in [6.07, 6.45) is 3.10. The van der Waals surface area contributed by atoms with Gasteiger partial charge in [0.05, 0.1) is 24.4 Å². The van der Waals surface area contributed by atoms with Gasteiger partial charge in [0.2, 0.25) is 0 Å². The maximum absolute atomic E-state index is 13.3. The summed E-state index contributed by atoms with van der Waals surface area (Å²) in [6.45, 7) is 0. The predicted octanol–water partition coefficient (Wildman–Crippen LogP) is 2.85. The molecule has 0 aliphatic heterocycles. The Bertz CT molecular complexity index is 711. The highest BCUT2D eigenvalue weighted by atomic mass is 19.1. The van der Waals surface area contributed by atoms with Gasteiger partial charge in [0, 0.05) is 10.5 Å². The van der Waals surface area contributed by atoms with Crippen molar-refractivity contribution >= 4 is 0 Å². The van der Waals surface area contributed by atoms with Gasteiger partial charge in [-0.2, -0.15) is 0 Å². The average molecular weight is 302 g/mol. The smallest absolute Gasteiger partial charge is 0.123 e. The van der Waals surface area contributed by atoms with E-state index in [9.17, 15) is 9.50 Å². The molecule has 114 valence electrons. The monoisotopic (exact) mass is 302 g/mol. The van der Waals surface area contributed by atoms with Crippen molar-refractivity contribution in [1.29, 1.82) is 0 Å². The molecule has 1 fully saturated rings. The van der Waals surface area contributed by atoms with Crippen LogP contribution in [0.4, 0.5) is 4.39 Å². The van der Waals surface area contributed by atoms with Crippen LogP contribution < -0.4 is 0 Å². The molecule has 1 heterocycles. The van der Waals surface area contributed by atoms with Gasteiger partial charge in [-0.25, -0.2) is 9.07 Å². The van der Waals surface area contributed by atoms with Crippen LogP contribution in [0.2, 0.25) is 0 Å². The van der Waals surface area contributed by atoms with E-state index in [4.69, 9.17) is 5.53 Å². The van der Waals surface area contributed by atoms with E-state index < -0.39 is 12.1 Å². The molecule has 1 saturated carbocycles. The third-order valence-electron chi connectivity index (χ3n) is 3.96. The molecule has 1 aromatic heterocycles. The molecule has 0 bridgehead atoms. The molecule has 0 unspecified atom stereocenters. The maximum Gasteiger partial charge on any atom is 0.123 e. The highest BCUT2D eigenvalue weighted by molar-refractivity contribution is 5.57. The number of aromatic nitrogens is 3. The molecule has 22 heavy (non-hydrogen) atoms. The molecule has 0 spiro atoms. The van der Waals surface area contributed by atoms with Gasteiger partial charge in [0.25, 0.3) is 0 Å². The van der Waals surface area contributed by atoms with Crippen LogP contribution in [0.5, 0.6) is 0 Å². The van der Waals surface area contributed by atoms with E-state index >= 15 is 0 Å². The Kier molecular flexibility index (Phi) is 4.04. The van der Waals surface area contributed by atoms with Gasteiger partial charge in [-0.15, -0.1) is 5.10 Å². The SMILES string of the molecule is [N-]=[N+]=N[C@@H]1CCC[C@H](n2cc(-c3cccc(F)c3)nn2)[C@H]1O. The van der Waals surface area contributed by atoms with Crippen molar-refractivity contribution in [3.63, 3.8) is 0 Å². The van der Waals surface area contributed by atoms with Crippen LogP contribution in [0.25, 0.3) is 21.7 Å². The zero-order valence-corrected chi connectivity index (χ0v) is 11.7. The first kappa shape index (κ1) is 14.5. The Morgan fingerprint density at radius 1 is 1.41 bits per heavy atom. The molecule has 3 atom stereocenters. The van der Waals surface area contributed by atoms with Crippen LogP contribution in [-0.2, 0) is 0 Å². The Morgan fingerprint density at radius 2 is 2.27 bits per heavy atom. The summed E-state index contributed by atoms with van der Waals surface area (Å²) in [4.78, 5) is 2.78. The number of nitrogens with zero attached hydrogens (tertiary/aromatic N) is 6. The second-order valence-electron chi connectivity index (χ2n) is 5.36. The fourth-order valence-electron chi connectivity index (χ4n) is 2.83. The second kappa shape index (κ2) is 6.13.